The van der Waals surface area contributed by atoms with Gasteiger partial charge in [-0.05, 0) is 23.8 Å². The van der Waals surface area contributed by atoms with E-state index in [4.69, 9.17) is 0 Å². The Kier molecular flexibility index (Phi) is 3.00. The van der Waals surface area contributed by atoms with Crippen molar-refractivity contribution in [3.63, 3.8) is 0 Å². The molecule has 0 saturated carbocycles. The van der Waals surface area contributed by atoms with Gasteiger partial charge in [-0.15, -0.1) is 0 Å². The minimum absolute atomic E-state index is 0.0758. The lowest BCUT2D eigenvalue weighted by atomic mass is 10.0. The maximum atomic E-state index is 13.2. The van der Waals surface area contributed by atoms with Crippen molar-refractivity contribution in [2.45, 2.75) is 6.42 Å². The molecule has 3 nitrogen and oxygen atoms in total. The second kappa shape index (κ2) is 4.61. The van der Waals surface area contributed by atoms with E-state index in [0.29, 0.717) is 0 Å². The van der Waals surface area contributed by atoms with Gasteiger partial charge in [-0.1, -0.05) is 0 Å². The lowest BCUT2D eigenvalue weighted by Crippen LogP contribution is -2.06. The molecule has 0 aliphatic carbocycles. The molecule has 80 valence electrons. The van der Waals surface area contributed by atoms with E-state index in [2.05, 4.69) is 9.97 Å². The molecular weight excluding hydrogens is 207 g/mol. The summed E-state index contributed by atoms with van der Waals surface area (Å²) in [5.74, 6) is -0.840. The van der Waals surface area contributed by atoms with Crippen molar-refractivity contribution in [2.24, 2.45) is 0 Å². The number of ketones is 1. The summed E-state index contributed by atoms with van der Waals surface area (Å²) < 4.78 is 13.2. The molecule has 0 spiro atoms. The number of carbonyl (C=O) groups excluding carboxylic acids is 1. The van der Waals surface area contributed by atoms with Crippen LogP contribution in [-0.2, 0) is 6.42 Å². The molecule has 2 rings (SSSR count). The van der Waals surface area contributed by atoms with Gasteiger partial charge < -0.3 is 0 Å². The van der Waals surface area contributed by atoms with Crippen molar-refractivity contribution < 1.29 is 9.18 Å². The predicted octanol–water partition coefficient (Wildman–Crippen LogP) is 2.04. The number of hydrogen-bond acceptors (Lipinski definition) is 3. The lowest BCUT2D eigenvalue weighted by Gasteiger charge is -2.01. The average molecular weight is 216 g/mol. The molecular formula is C12H9FN2O. The minimum Gasteiger partial charge on any atom is -0.294 e. The van der Waals surface area contributed by atoms with Crippen molar-refractivity contribution in [1.82, 2.24) is 9.97 Å². The van der Waals surface area contributed by atoms with Crippen LogP contribution in [-0.4, -0.2) is 15.8 Å². The Morgan fingerprint density at radius 1 is 1.12 bits per heavy atom. The van der Waals surface area contributed by atoms with E-state index in [1.54, 1.807) is 24.5 Å². The van der Waals surface area contributed by atoms with E-state index in [1.807, 2.05) is 0 Å². The molecule has 16 heavy (non-hydrogen) atoms. The Hall–Kier alpha value is -2.10. The summed E-state index contributed by atoms with van der Waals surface area (Å²) in [5, 5.41) is 0. The van der Waals surface area contributed by atoms with Gasteiger partial charge in [-0.3, -0.25) is 14.8 Å². The molecule has 0 bridgehead atoms. The van der Waals surface area contributed by atoms with Crippen LogP contribution in [0.1, 0.15) is 15.9 Å². The largest absolute Gasteiger partial charge is 0.294 e. The molecule has 0 unspecified atom stereocenters. The van der Waals surface area contributed by atoms with Crippen molar-refractivity contribution in [3.05, 3.63) is 59.9 Å². The van der Waals surface area contributed by atoms with Crippen LogP contribution in [0.15, 0.2) is 43.0 Å². The van der Waals surface area contributed by atoms with E-state index < -0.39 is 5.82 Å². The molecule has 0 aliphatic heterocycles. The van der Waals surface area contributed by atoms with Crippen LogP contribution in [0.3, 0.4) is 0 Å². The molecule has 2 heterocycles. The van der Waals surface area contributed by atoms with Crippen LogP contribution in [0.5, 0.6) is 0 Å². The van der Waals surface area contributed by atoms with Gasteiger partial charge in [0.25, 0.3) is 0 Å². The number of hydrogen-bond donors (Lipinski definition) is 0. The fourth-order valence-electron chi connectivity index (χ4n) is 1.38. The minimum atomic E-state index is -0.582. The first-order chi connectivity index (χ1) is 7.77. The Bertz CT molecular complexity index is 499. The number of aromatic nitrogens is 2. The Morgan fingerprint density at radius 3 is 2.50 bits per heavy atom. The van der Waals surface area contributed by atoms with E-state index >= 15 is 0 Å². The zero-order valence-electron chi connectivity index (χ0n) is 8.43. The maximum Gasteiger partial charge on any atom is 0.170 e. The number of pyridine rings is 2. The summed E-state index contributed by atoms with van der Waals surface area (Å²) in [6.45, 7) is 0. The second-order valence-corrected chi connectivity index (χ2v) is 3.31. The highest BCUT2D eigenvalue weighted by Gasteiger charge is 2.11. The standard InChI is InChI=1S/C12H9FN2O/c13-11-8-15-6-3-10(11)12(16)7-9-1-4-14-5-2-9/h1-6,8H,7H2. The molecule has 0 fully saturated rings. The van der Waals surface area contributed by atoms with Gasteiger partial charge in [0.05, 0.1) is 11.8 Å². The van der Waals surface area contributed by atoms with Crippen molar-refractivity contribution in [3.8, 4) is 0 Å². The Balaban J connectivity index is 2.19. The van der Waals surface area contributed by atoms with Crippen molar-refractivity contribution >= 4 is 5.78 Å². The van der Waals surface area contributed by atoms with E-state index in [0.717, 1.165) is 11.8 Å². The number of Topliss-reactive ketones (excluding diaryl/α,β-unsaturated/α-hetero) is 1. The summed E-state index contributed by atoms with van der Waals surface area (Å²) in [4.78, 5) is 19.2. The molecule has 0 radical (unpaired) electrons. The van der Waals surface area contributed by atoms with Gasteiger partial charge in [0.2, 0.25) is 0 Å². The second-order valence-electron chi connectivity index (χ2n) is 3.31. The van der Waals surface area contributed by atoms with E-state index in [1.165, 1.54) is 12.3 Å². The maximum absolute atomic E-state index is 13.2. The fraction of sp³-hybridized carbons (Fsp3) is 0.0833. The monoisotopic (exact) mass is 216 g/mol. The first-order valence-corrected chi connectivity index (χ1v) is 4.79. The van der Waals surface area contributed by atoms with E-state index in [-0.39, 0.29) is 17.8 Å². The zero-order chi connectivity index (χ0) is 11.4. The Labute approximate surface area is 92.0 Å². The summed E-state index contributed by atoms with van der Waals surface area (Å²) in [7, 11) is 0. The van der Waals surface area contributed by atoms with Gasteiger partial charge in [0.15, 0.2) is 11.6 Å². The molecule has 0 saturated heterocycles. The number of rotatable bonds is 3. The summed E-state index contributed by atoms with van der Waals surface area (Å²) >= 11 is 0. The predicted molar refractivity (Wildman–Crippen MR) is 56.5 cm³/mol. The quantitative estimate of drug-likeness (QED) is 0.737. The van der Waals surface area contributed by atoms with Crippen molar-refractivity contribution in [1.29, 1.82) is 0 Å². The molecule has 2 aromatic rings. The van der Waals surface area contributed by atoms with Gasteiger partial charge in [-0.25, -0.2) is 4.39 Å². The fourth-order valence-corrected chi connectivity index (χ4v) is 1.38. The first-order valence-electron chi connectivity index (χ1n) is 4.79. The average Bonchev–Trinajstić information content (AvgIpc) is 2.31. The van der Waals surface area contributed by atoms with Crippen LogP contribution in [0.4, 0.5) is 4.39 Å². The molecule has 0 N–H and O–H groups in total. The normalized spacial score (nSPS) is 10.1. The highest BCUT2D eigenvalue weighted by Crippen LogP contribution is 2.09. The first kappa shape index (κ1) is 10.4. The molecule has 0 amide bonds. The summed E-state index contributed by atoms with van der Waals surface area (Å²) in [6, 6.07) is 4.85. The van der Waals surface area contributed by atoms with E-state index in [9.17, 15) is 9.18 Å². The van der Waals surface area contributed by atoms with Gasteiger partial charge in [0, 0.05) is 25.0 Å². The number of nitrogens with zero attached hydrogens (tertiary/aromatic N) is 2. The van der Waals surface area contributed by atoms with Gasteiger partial charge in [-0.2, -0.15) is 0 Å². The topological polar surface area (TPSA) is 42.9 Å². The van der Waals surface area contributed by atoms with Gasteiger partial charge in [0.1, 0.15) is 0 Å². The van der Waals surface area contributed by atoms with Crippen LogP contribution in [0, 0.1) is 5.82 Å². The lowest BCUT2D eigenvalue weighted by molar-refractivity contribution is 0.0989. The van der Waals surface area contributed by atoms with Crippen LogP contribution >= 0.6 is 0 Å². The molecule has 0 aromatic carbocycles. The third-order valence-electron chi connectivity index (χ3n) is 2.19. The smallest absolute Gasteiger partial charge is 0.170 e. The SMILES string of the molecule is O=C(Cc1ccncc1)c1ccncc1F. The Morgan fingerprint density at radius 2 is 1.81 bits per heavy atom. The van der Waals surface area contributed by atoms with Crippen LogP contribution in [0.25, 0.3) is 0 Å². The third-order valence-corrected chi connectivity index (χ3v) is 2.19. The third kappa shape index (κ3) is 2.28. The summed E-state index contributed by atoms with van der Waals surface area (Å²) in [6.07, 6.45) is 5.82. The highest BCUT2D eigenvalue weighted by molar-refractivity contribution is 5.97. The molecule has 0 atom stereocenters. The van der Waals surface area contributed by atoms with Gasteiger partial charge >= 0.3 is 0 Å². The highest BCUT2D eigenvalue weighted by atomic mass is 19.1. The van der Waals surface area contributed by atoms with Crippen LogP contribution < -0.4 is 0 Å². The number of carbonyl (C=O) groups is 1. The molecule has 0 aliphatic rings. The zero-order valence-corrected chi connectivity index (χ0v) is 8.43. The number of halogens is 1. The van der Waals surface area contributed by atoms with Crippen LogP contribution in [0.2, 0.25) is 0 Å². The summed E-state index contributed by atoms with van der Waals surface area (Å²) in [5.41, 5.74) is 0.892. The van der Waals surface area contributed by atoms with Crippen molar-refractivity contribution in [2.75, 3.05) is 0 Å². The molecule has 4 heteroatoms. The molecule has 2 aromatic heterocycles.